The van der Waals surface area contributed by atoms with Gasteiger partial charge in [0.05, 0.1) is 0 Å². The number of hydrogen-bond acceptors (Lipinski definition) is 3. The molecule has 3 nitrogen and oxygen atoms in total. The van der Waals surface area contributed by atoms with Gasteiger partial charge in [-0.05, 0) is 32.0 Å². The second kappa shape index (κ2) is 7.17. The first-order valence-electron chi connectivity index (χ1n) is 6.27. The summed E-state index contributed by atoms with van der Waals surface area (Å²) < 4.78 is 5.77. The number of rotatable bonds is 7. The molecule has 3 heteroatoms. The lowest BCUT2D eigenvalue weighted by Gasteiger charge is -2.16. The van der Waals surface area contributed by atoms with Crippen molar-refractivity contribution < 1.29 is 4.74 Å². The summed E-state index contributed by atoms with van der Waals surface area (Å²) in [5, 5.41) is 3.40. The Balaban J connectivity index is 2.43. The third kappa shape index (κ3) is 5.09. The molecular weight excluding hydrogens is 212 g/mol. The van der Waals surface area contributed by atoms with Crippen LogP contribution in [0.3, 0.4) is 0 Å². The van der Waals surface area contributed by atoms with Crippen LogP contribution >= 0.6 is 0 Å². The van der Waals surface area contributed by atoms with Crippen LogP contribution in [0.2, 0.25) is 0 Å². The largest absolute Gasteiger partial charge is 0.492 e. The summed E-state index contributed by atoms with van der Waals surface area (Å²) in [6.45, 7) is 6.06. The fourth-order valence-corrected chi connectivity index (χ4v) is 1.52. The third-order valence-electron chi connectivity index (χ3n) is 2.58. The molecule has 0 aliphatic carbocycles. The molecule has 1 aromatic carbocycles. The van der Waals surface area contributed by atoms with Gasteiger partial charge in [0.1, 0.15) is 12.4 Å². The van der Waals surface area contributed by atoms with Crippen molar-refractivity contribution in [3.05, 3.63) is 24.3 Å². The molecule has 0 bridgehead atoms. The lowest BCUT2D eigenvalue weighted by atomic mass is 10.3. The van der Waals surface area contributed by atoms with E-state index in [-0.39, 0.29) is 0 Å². The van der Waals surface area contributed by atoms with Crippen molar-refractivity contribution in [2.75, 3.05) is 32.1 Å². The zero-order valence-corrected chi connectivity index (χ0v) is 11.4. The van der Waals surface area contributed by atoms with Crippen LogP contribution in [0, 0.1) is 0 Å². The maximum atomic E-state index is 5.77. The van der Waals surface area contributed by atoms with E-state index in [1.165, 1.54) is 0 Å². The van der Waals surface area contributed by atoms with Gasteiger partial charge in [-0.25, -0.2) is 0 Å². The quantitative estimate of drug-likeness (QED) is 0.787. The summed E-state index contributed by atoms with van der Waals surface area (Å²) in [4.78, 5) is 2.08. The van der Waals surface area contributed by atoms with Gasteiger partial charge in [-0.2, -0.15) is 0 Å². The highest BCUT2D eigenvalue weighted by atomic mass is 16.5. The van der Waals surface area contributed by atoms with E-state index in [9.17, 15) is 0 Å². The molecule has 0 saturated carbocycles. The van der Waals surface area contributed by atoms with Crippen LogP contribution in [0.4, 0.5) is 5.69 Å². The summed E-state index contributed by atoms with van der Waals surface area (Å²) in [5.41, 5.74) is 1.16. The van der Waals surface area contributed by atoms with E-state index in [0.717, 1.165) is 24.4 Å². The first-order valence-corrected chi connectivity index (χ1v) is 6.27. The number of hydrogen-bond donors (Lipinski definition) is 1. The molecule has 1 N–H and O–H groups in total. The van der Waals surface area contributed by atoms with Gasteiger partial charge < -0.3 is 15.0 Å². The molecule has 0 fully saturated rings. The number of ether oxygens (including phenoxy) is 1. The molecular formula is C14H24N2O. The van der Waals surface area contributed by atoms with Crippen molar-refractivity contribution in [1.82, 2.24) is 5.32 Å². The number of nitrogens with zero attached hydrogens (tertiary/aromatic N) is 1. The van der Waals surface area contributed by atoms with Crippen LogP contribution in [0.5, 0.6) is 5.75 Å². The Bertz CT molecular complexity index is 326. The van der Waals surface area contributed by atoms with Crippen LogP contribution in [0.1, 0.15) is 20.3 Å². The summed E-state index contributed by atoms with van der Waals surface area (Å²) in [5.74, 6) is 0.932. The molecule has 0 aromatic heterocycles. The minimum Gasteiger partial charge on any atom is -0.492 e. The second-order valence-electron chi connectivity index (χ2n) is 4.56. The lowest BCUT2D eigenvalue weighted by molar-refractivity contribution is 0.274. The highest BCUT2D eigenvalue weighted by Crippen LogP contribution is 2.19. The molecule has 0 saturated heterocycles. The van der Waals surface area contributed by atoms with E-state index < -0.39 is 0 Å². The number of benzene rings is 1. The van der Waals surface area contributed by atoms with Gasteiger partial charge >= 0.3 is 0 Å². The summed E-state index contributed by atoms with van der Waals surface area (Å²) in [7, 11) is 4.06. The van der Waals surface area contributed by atoms with Crippen LogP contribution < -0.4 is 15.0 Å². The van der Waals surface area contributed by atoms with Gasteiger partial charge in [0.2, 0.25) is 0 Å². The highest BCUT2D eigenvalue weighted by Gasteiger charge is 2.02. The molecule has 1 rings (SSSR count). The highest BCUT2D eigenvalue weighted by molar-refractivity contribution is 5.49. The van der Waals surface area contributed by atoms with Gasteiger partial charge in [-0.3, -0.25) is 0 Å². The van der Waals surface area contributed by atoms with Crippen molar-refractivity contribution >= 4 is 5.69 Å². The summed E-state index contributed by atoms with van der Waals surface area (Å²) in [6.07, 6.45) is 1.15. The minimum atomic E-state index is 0.387. The van der Waals surface area contributed by atoms with E-state index in [4.69, 9.17) is 4.74 Å². The first-order chi connectivity index (χ1) is 8.13. The third-order valence-corrected chi connectivity index (χ3v) is 2.58. The van der Waals surface area contributed by atoms with Crippen molar-refractivity contribution in [1.29, 1.82) is 0 Å². The molecule has 1 unspecified atom stereocenters. The van der Waals surface area contributed by atoms with Gasteiger partial charge in [0.15, 0.2) is 0 Å². The number of nitrogens with one attached hydrogen (secondary N) is 1. The maximum Gasteiger partial charge on any atom is 0.121 e. The SMILES string of the molecule is CCCNC(C)COc1cccc(N(C)C)c1. The minimum absolute atomic E-state index is 0.387. The Kier molecular flexibility index (Phi) is 5.84. The van der Waals surface area contributed by atoms with Crippen molar-refractivity contribution in [2.24, 2.45) is 0 Å². The monoisotopic (exact) mass is 236 g/mol. The van der Waals surface area contributed by atoms with E-state index >= 15 is 0 Å². The fraction of sp³-hybridized carbons (Fsp3) is 0.571. The summed E-state index contributed by atoms with van der Waals surface area (Å²) in [6, 6.07) is 8.55. The molecule has 0 heterocycles. The molecule has 96 valence electrons. The molecule has 0 aliphatic rings. The Hall–Kier alpha value is -1.22. The Labute approximate surface area is 105 Å². The molecule has 0 spiro atoms. The molecule has 1 atom stereocenters. The zero-order valence-electron chi connectivity index (χ0n) is 11.4. The smallest absolute Gasteiger partial charge is 0.121 e. The molecule has 0 radical (unpaired) electrons. The van der Waals surface area contributed by atoms with Crippen LogP contribution in [-0.4, -0.2) is 33.3 Å². The van der Waals surface area contributed by atoms with E-state index in [2.05, 4.69) is 36.2 Å². The van der Waals surface area contributed by atoms with E-state index in [0.29, 0.717) is 12.6 Å². The Morgan fingerprint density at radius 2 is 2.12 bits per heavy atom. The molecule has 0 amide bonds. The van der Waals surface area contributed by atoms with Gasteiger partial charge in [0.25, 0.3) is 0 Å². The second-order valence-corrected chi connectivity index (χ2v) is 4.56. The normalized spacial score (nSPS) is 12.2. The fourth-order valence-electron chi connectivity index (χ4n) is 1.52. The Morgan fingerprint density at radius 1 is 1.35 bits per heavy atom. The summed E-state index contributed by atoms with van der Waals surface area (Å²) >= 11 is 0. The zero-order chi connectivity index (χ0) is 12.7. The van der Waals surface area contributed by atoms with Crippen molar-refractivity contribution in [3.8, 4) is 5.75 Å². The molecule has 1 aromatic rings. The Morgan fingerprint density at radius 3 is 2.76 bits per heavy atom. The maximum absolute atomic E-state index is 5.77. The standard InChI is InChI=1S/C14H24N2O/c1-5-9-15-12(2)11-17-14-8-6-7-13(10-14)16(3)4/h6-8,10,12,15H,5,9,11H2,1-4H3. The van der Waals surface area contributed by atoms with Crippen LogP contribution in [0.25, 0.3) is 0 Å². The van der Waals surface area contributed by atoms with Crippen LogP contribution in [-0.2, 0) is 0 Å². The van der Waals surface area contributed by atoms with E-state index in [1.54, 1.807) is 0 Å². The van der Waals surface area contributed by atoms with Gasteiger partial charge in [0, 0.05) is 31.9 Å². The topological polar surface area (TPSA) is 24.5 Å². The van der Waals surface area contributed by atoms with E-state index in [1.807, 2.05) is 26.2 Å². The predicted molar refractivity (Wildman–Crippen MR) is 74.0 cm³/mol. The average Bonchev–Trinajstić information content (AvgIpc) is 2.34. The van der Waals surface area contributed by atoms with Crippen molar-refractivity contribution in [3.63, 3.8) is 0 Å². The number of anilines is 1. The van der Waals surface area contributed by atoms with Gasteiger partial charge in [-0.1, -0.05) is 13.0 Å². The average molecular weight is 236 g/mol. The first kappa shape index (κ1) is 13.8. The predicted octanol–water partition coefficient (Wildman–Crippen LogP) is 2.52. The lowest BCUT2D eigenvalue weighted by Crippen LogP contribution is -2.32. The van der Waals surface area contributed by atoms with Crippen LogP contribution in [0.15, 0.2) is 24.3 Å². The van der Waals surface area contributed by atoms with Gasteiger partial charge in [-0.15, -0.1) is 0 Å². The van der Waals surface area contributed by atoms with Crippen molar-refractivity contribution in [2.45, 2.75) is 26.3 Å². The molecule has 0 aliphatic heterocycles. The molecule has 17 heavy (non-hydrogen) atoms.